The van der Waals surface area contributed by atoms with E-state index in [4.69, 9.17) is 0 Å². The molecule has 0 aliphatic heterocycles. The number of nitrogens with one attached hydrogen (secondary N) is 1. The molecule has 0 saturated carbocycles. The minimum atomic E-state index is 0.533. The first-order valence-corrected chi connectivity index (χ1v) is 8.33. The summed E-state index contributed by atoms with van der Waals surface area (Å²) in [5, 5.41) is 3.97. The Morgan fingerprint density at radius 1 is 0.667 bits per heavy atom. The molecule has 2 aliphatic rings. The fourth-order valence-corrected chi connectivity index (χ4v) is 4.10. The molecule has 0 radical (unpaired) electrons. The van der Waals surface area contributed by atoms with Gasteiger partial charge in [0, 0.05) is 12.1 Å². The number of benzene rings is 2. The second kappa shape index (κ2) is 5.65. The van der Waals surface area contributed by atoms with Crippen molar-refractivity contribution in [2.75, 3.05) is 0 Å². The quantitative estimate of drug-likeness (QED) is 0.836. The third kappa shape index (κ3) is 2.51. The van der Waals surface area contributed by atoms with Crippen LogP contribution in [0.15, 0.2) is 48.5 Å². The van der Waals surface area contributed by atoms with E-state index in [1.54, 1.807) is 11.1 Å². The molecule has 0 fully saturated rings. The molecular weight excluding hydrogens is 254 g/mol. The lowest BCUT2D eigenvalue weighted by atomic mass is 9.84. The Morgan fingerprint density at radius 2 is 1.14 bits per heavy atom. The van der Waals surface area contributed by atoms with Crippen LogP contribution in [0.4, 0.5) is 0 Å². The molecule has 1 heteroatoms. The molecule has 4 rings (SSSR count). The van der Waals surface area contributed by atoms with Crippen LogP contribution in [0.5, 0.6) is 0 Å². The summed E-state index contributed by atoms with van der Waals surface area (Å²) in [6.07, 6.45) is 7.66. The monoisotopic (exact) mass is 277 g/mol. The summed E-state index contributed by atoms with van der Waals surface area (Å²) in [5.74, 6) is 0. The van der Waals surface area contributed by atoms with E-state index in [-0.39, 0.29) is 0 Å². The second-order valence-corrected chi connectivity index (χ2v) is 6.45. The Morgan fingerprint density at radius 3 is 1.67 bits per heavy atom. The van der Waals surface area contributed by atoms with Gasteiger partial charge in [0.1, 0.15) is 0 Å². The molecule has 0 saturated heterocycles. The number of aryl methyl sites for hydroxylation is 2. The fourth-order valence-electron chi connectivity index (χ4n) is 4.10. The van der Waals surface area contributed by atoms with Gasteiger partial charge in [-0.05, 0) is 60.8 Å². The molecule has 0 amide bonds. The lowest BCUT2D eigenvalue weighted by Crippen LogP contribution is -2.31. The molecule has 21 heavy (non-hydrogen) atoms. The predicted octanol–water partition coefficient (Wildman–Crippen LogP) is 4.73. The summed E-state index contributed by atoms with van der Waals surface area (Å²) in [6.45, 7) is 0. The Hall–Kier alpha value is -1.60. The average Bonchev–Trinajstić information content (AvgIpc) is 2.56. The van der Waals surface area contributed by atoms with Crippen molar-refractivity contribution in [2.45, 2.75) is 50.6 Å². The first-order chi connectivity index (χ1) is 10.4. The molecule has 2 aromatic rings. The lowest BCUT2D eigenvalue weighted by molar-refractivity contribution is 0.369. The zero-order valence-electron chi connectivity index (χ0n) is 12.5. The highest BCUT2D eigenvalue weighted by atomic mass is 15.0. The Labute approximate surface area is 127 Å². The van der Waals surface area contributed by atoms with Crippen molar-refractivity contribution in [3.05, 3.63) is 70.8 Å². The molecule has 0 aromatic heterocycles. The van der Waals surface area contributed by atoms with Gasteiger partial charge in [0.25, 0.3) is 0 Å². The normalized spacial score (nSPS) is 24.2. The van der Waals surface area contributed by atoms with Crippen molar-refractivity contribution in [3.63, 3.8) is 0 Å². The van der Waals surface area contributed by atoms with Gasteiger partial charge in [0.15, 0.2) is 0 Å². The lowest BCUT2D eigenvalue weighted by Gasteiger charge is -2.33. The summed E-state index contributed by atoms with van der Waals surface area (Å²) in [7, 11) is 0. The Bertz CT molecular complexity index is 576. The average molecular weight is 277 g/mol. The summed E-state index contributed by atoms with van der Waals surface area (Å²) >= 11 is 0. The van der Waals surface area contributed by atoms with Crippen molar-refractivity contribution in [2.24, 2.45) is 0 Å². The van der Waals surface area contributed by atoms with Crippen LogP contribution in [0, 0.1) is 0 Å². The van der Waals surface area contributed by atoms with E-state index in [0.717, 1.165) is 0 Å². The third-order valence-electron chi connectivity index (χ3n) is 5.14. The summed E-state index contributed by atoms with van der Waals surface area (Å²) in [4.78, 5) is 0. The number of fused-ring (bicyclic) bond motifs is 2. The van der Waals surface area contributed by atoms with Crippen LogP contribution in [0.3, 0.4) is 0 Å². The van der Waals surface area contributed by atoms with Gasteiger partial charge in [-0.2, -0.15) is 0 Å². The van der Waals surface area contributed by atoms with Crippen LogP contribution in [-0.4, -0.2) is 0 Å². The van der Waals surface area contributed by atoms with Gasteiger partial charge in [-0.1, -0.05) is 48.5 Å². The van der Waals surface area contributed by atoms with Crippen LogP contribution in [0.1, 0.15) is 60.0 Å². The minimum Gasteiger partial charge on any atom is -0.303 e. The van der Waals surface area contributed by atoms with Crippen molar-refractivity contribution >= 4 is 0 Å². The topological polar surface area (TPSA) is 12.0 Å². The second-order valence-electron chi connectivity index (χ2n) is 6.45. The molecule has 1 N–H and O–H groups in total. The standard InChI is InChI=1S/C20H23N/c1-3-11-17-15(7-1)9-5-13-19(17)21-20-14-6-10-16-8-2-4-12-18(16)20/h1-4,7-8,11-12,19-21H,5-6,9-10,13-14H2. The van der Waals surface area contributed by atoms with Gasteiger partial charge >= 0.3 is 0 Å². The number of hydrogen-bond acceptors (Lipinski definition) is 1. The van der Waals surface area contributed by atoms with Gasteiger partial charge < -0.3 is 5.32 Å². The SMILES string of the molecule is c1ccc2c(c1)CCCC2NC1CCCc2ccccc21. The molecule has 0 bridgehead atoms. The van der Waals surface area contributed by atoms with Crippen molar-refractivity contribution in [1.29, 1.82) is 0 Å². The largest absolute Gasteiger partial charge is 0.303 e. The van der Waals surface area contributed by atoms with E-state index in [0.29, 0.717) is 12.1 Å². The molecular formula is C20H23N. The Balaban J connectivity index is 1.61. The first-order valence-electron chi connectivity index (χ1n) is 8.33. The zero-order valence-corrected chi connectivity index (χ0v) is 12.5. The molecule has 0 spiro atoms. The highest BCUT2D eigenvalue weighted by Crippen LogP contribution is 2.35. The molecule has 1 nitrogen and oxygen atoms in total. The summed E-state index contributed by atoms with van der Waals surface area (Å²) < 4.78 is 0. The van der Waals surface area contributed by atoms with Gasteiger partial charge in [0.2, 0.25) is 0 Å². The molecule has 2 aliphatic carbocycles. The molecule has 2 aromatic carbocycles. The predicted molar refractivity (Wildman–Crippen MR) is 87.4 cm³/mol. The summed E-state index contributed by atoms with van der Waals surface area (Å²) in [6, 6.07) is 19.0. The van der Waals surface area contributed by atoms with Crippen LogP contribution < -0.4 is 5.32 Å². The zero-order chi connectivity index (χ0) is 14.1. The van der Waals surface area contributed by atoms with Crippen LogP contribution in [0.25, 0.3) is 0 Å². The maximum Gasteiger partial charge on any atom is 0.0328 e. The third-order valence-corrected chi connectivity index (χ3v) is 5.14. The van der Waals surface area contributed by atoms with E-state index in [1.165, 1.54) is 49.7 Å². The van der Waals surface area contributed by atoms with E-state index >= 15 is 0 Å². The van der Waals surface area contributed by atoms with E-state index in [9.17, 15) is 0 Å². The number of rotatable bonds is 2. The van der Waals surface area contributed by atoms with Crippen LogP contribution in [-0.2, 0) is 12.8 Å². The highest BCUT2D eigenvalue weighted by molar-refractivity contribution is 5.35. The molecule has 108 valence electrons. The van der Waals surface area contributed by atoms with Gasteiger partial charge in [-0.25, -0.2) is 0 Å². The van der Waals surface area contributed by atoms with E-state index in [2.05, 4.69) is 53.8 Å². The van der Waals surface area contributed by atoms with E-state index < -0.39 is 0 Å². The van der Waals surface area contributed by atoms with Gasteiger partial charge in [0.05, 0.1) is 0 Å². The van der Waals surface area contributed by atoms with Gasteiger partial charge in [-0.3, -0.25) is 0 Å². The molecule has 0 heterocycles. The Kier molecular flexibility index (Phi) is 3.52. The van der Waals surface area contributed by atoms with Crippen molar-refractivity contribution in [3.8, 4) is 0 Å². The smallest absolute Gasteiger partial charge is 0.0328 e. The maximum absolute atomic E-state index is 3.97. The fraction of sp³-hybridized carbons (Fsp3) is 0.400. The minimum absolute atomic E-state index is 0.533. The van der Waals surface area contributed by atoms with Crippen molar-refractivity contribution in [1.82, 2.24) is 5.32 Å². The maximum atomic E-state index is 3.97. The summed E-state index contributed by atoms with van der Waals surface area (Å²) in [5.41, 5.74) is 6.16. The van der Waals surface area contributed by atoms with E-state index in [1.807, 2.05) is 0 Å². The number of hydrogen-bond donors (Lipinski definition) is 1. The molecule has 2 atom stereocenters. The molecule has 2 unspecified atom stereocenters. The highest BCUT2D eigenvalue weighted by Gasteiger charge is 2.25. The first kappa shape index (κ1) is 13.1. The van der Waals surface area contributed by atoms with Crippen LogP contribution >= 0.6 is 0 Å². The van der Waals surface area contributed by atoms with Gasteiger partial charge in [-0.15, -0.1) is 0 Å². The van der Waals surface area contributed by atoms with Crippen molar-refractivity contribution < 1.29 is 0 Å². The van der Waals surface area contributed by atoms with Crippen LogP contribution in [0.2, 0.25) is 0 Å².